The molecular formula is C28H52NO3S+. The first-order valence-electron chi connectivity index (χ1n) is 13.6. The highest BCUT2D eigenvalue weighted by Crippen LogP contribution is 2.30. The van der Waals surface area contributed by atoms with Crippen LogP contribution >= 0.6 is 0 Å². The van der Waals surface area contributed by atoms with Crippen molar-refractivity contribution in [3.63, 3.8) is 0 Å². The molecule has 0 aliphatic carbocycles. The molecule has 1 rings (SSSR count). The molecule has 0 aromatic heterocycles. The van der Waals surface area contributed by atoms with Crippen LogP contribution < -0.4 is 0 Å². The predicted octanol–water partition coefficient (Wildman–Crippen LogP) is 7.95. The molecule has 0 aliphatic heterocycles. The number of hydrogen-bond donors (Lipinski definition) is 1. The first-order valence-corrected chi connectivity index (χ1v) is 15.2. The van der Waals surface area contributed by atoms with Crippen molar-refractivity contribution in [3.8, 4) is 0 Å². The van der Waals surface area contributed by atoms with Crippen molar-refractivity contribution in [2.45, 2.75) is 116 Å². The van der Waals surface area contributed by atoms with Crippen molar-refractivity contribution in [1.29, 1.82) is 0 Å². The average Bonchev–Trinajstić information content (AvgIpc) is 2.76. The minimum Gasteiger partial charge on any atom is -0.322 e. The molecule has 5 heteroatoms. The van der Waals surface area contributed by atoms with Crippen molar-refractivity contribution in [2.24, 2.45) is 0 Å². The number of rotatable bonds is 21. The minimum absolute atomic E-state index is 0.158. The van der Waals surface area contributed by atoms with E-state index in [-0.39, 0.29) is 11.8 Å². The summed E-state index contributed by atoms with van der Waals surface area (Å²) >= 11 is 0. The topological polar surface area (TPSA) is 54.4 Å². The Kier molecular flexibility index (Phi) is 16.0. The average molecular weight is 483 g/mol. The summed E-state index contributed by atoms with van der Waals surface area (Å²) in [5.74, 6) is -0.158. The van der Waals surface area contributed by atoms with Crippen molar-refractivity contribution in [1.82, 2.24) is 0 Å². The molecule has 0 amide bonds. The summed E-state index contributed by atoms with van der Waals surface area (Å²) < 4.78 is 32.3. The lowest BCUT2D eigenvalue weighted by atomic mass is 9.98. The molecule has 0 fully saturated rings. The van der Waals surface area contributed by atoms with Gasteiger partial charge in [-0.2, -0.15) is 8.42 Å². The van der Waals surface area contributed by atoms with E-state index >= 15 is 0 Å². The van der Waals surface area contributed by atoms with Crippen LogP contribution in [0.3, 0.4) is 0 Å². The van der Waals surface area contributed by atoms with Gasteiger partial charge in [0, 0.05) is 12.0 Å². The minimum atomic E-state index is -3.90. The number of unbranched alkanes of at least 4 members (excludes halogenated alkanes) is 13. The molecule has 0 heterocycles. The van der Waals surface area contributed by atoms with Crippen LogP contribution in [0.4, 0.5) is 0 Å². The standard InChI is InChI=1S/C28H51NO3S/c1-4-5-6-7-8-9-10-11-12-13-14-15-16-20-25-29(2,3)28(24-21-26-33(30,31)32)27-22-18-17-19-23-27/h17-19,22-23,28H,4-16,20-21,24-26H2,1-3H3/p+1. The maximum absolute atomic E-state index is 11.2. The highest BCUT2D eigenvalue weighted by molar-refractivity contribution is 7.85. The van der Waals surface area contributed by atoms with Crippen LogP contribution in [0.1, 0.15) is 121 Å². The summed E-state index contributed by atoms with van der Waals surface area (Å²) in [5.41, 5.74) is 1.25. The van der Waals surface area contributed by atoms with E-state index in [9.17, 15) is 8.42 Å². The van der Waals surface area contributed by atoms with Crippen LogP contribution in [0, 0.1) is 0 Å². The molecule has 1 aromatic rings. The van der Waals surface area contributed by atoms with Crippen molar-refractivity contribution in [3.05, 3.63) is 35.9 Å². The Balaban J connectivity index is 2.24. The summed E-state index contributed by atoms with van der Waals surface area (Å²) in [7, 11) is 0.618. The van der Waals surface area contributed by atoms with Crippen LogP contribution in [0.25, 0.3) is 0 Å². The van der Waals surface area contributed by atoms with Gasteiger partial charge in [-0.25, -0.2) is 0 Å². The van der Waals surface area contributed by atoms with E-state index in [2.05, 4.69) is 45.3 Å². The Labute approximate surface area is 205 Å². The molecule has 1 unspecified atom stereocenters. The van der Waals surface area contributed by atoms with Crippen molar-refractivity contribution < 1.29 is 17.5 Å². The molecule has 0 bridgehead atoms. The smallest absolute Gasteiger partial charge is 0.264 e. The van der Waals surface area contributed by atoms with Gasteiger partial charge in [0.05, 0.1) is 26.4 Å². The Morgan fingerprint density at radius 2 is 1.18 bits per heavy atom. The van der Waals surface area contributed by atoms with Crippen molar-refractivity contribution in [2.75, 3.05) is 26.4 Å². The number of hydrogen-bond acceptors (Lipinski definition) is 2. The molecule has 0 spiro atoms. The van der Waals surface area contributed by atoms with Gasteiger partial charge in [-0.1, -0.05) is 114 Å². The maximum Gasteiger partial charge on any atom is 0.264 e. The summed E-state index contributed by atoms with van der Waals surface area (Å²) in [4.78, 5) is 0. The molecule has 1 N–H and O–H groups in total. The van der Waals surface area contributed by atoms with Gasteiger partial charge >= 0.3 is 0 Å². The second kappa shape index (κ2) is 17.5. The van der Waals surface area contributed by atoms with Gasteiger partial charge in [-0.05, 0) is 19.3 Å². The number of quaternary nitrogens is 1. The van der Waals surface area contributed by atoms with Gasteiger partial charge in [0.1, 0.15) is 6.04 Å². The molecule has 0 saturated carbocycles. The maximum atomic E-state index is 11.2. The van der Waals surface area contributed by atoms with Crippen LogP contribution in [-0.2, 0) is 10.1 Å². The van der Waals surface area contributed by atoms with Gasteiger partial charge in [-0.15, -0.1) is 0 Å². The van der Waals surface area contributed by atoms with Gasteiger partial charge in [0.15, 0.2) is 0 Å². The van der Waals surface area contributed by atoms with E-state index in [1.54, 1.807) is 0 Å². The molecule has 0 saturated heterocycles. The zero-order valence-corrected chi connectivity index (χ0v) is 22.6. The third-order valence-corrected chi connectivity index (χ3v) is 7.80. The largest absolute Gasteiger partial charge is 0.322 e. The number of nitrogens with zero attached hydrogens (tertiary/aromatic N) is 1. The van der Waals surface area contributed by atoms with E-state index < -0.39 is 10.1 Å². The van der Waals surface area contributed by atoms with Gasteiger partial charge in [0.25, 0.3) is 10.1 Å². The lowest BCUT2D eigenvalue weighted by Crippen LogP contribution is -2.44. The summed E-state index contributed by atoms with van der Waals surface area (Å²) in [6, 6.07) is 10.7. The van der Waals surface area contributed by atoms with Gasteiger partial charge < -0.3 is 4.48 Å². The molecule has 0 aliphatic rings. The Morgan fingerprint density at radius 1 is 0.727 bits per heavy atom. The molecule has 1 atom stereocenters. The second-order valence-corrected chi connectivity index (χ2v) is 12.0. The zero-order chi connectivity index (χ0) is 24.4. The first kappa shape index (κ1) is 30.1. The molecule has 0 radical (unpaired) electrons. The van der Waals surface area contributed by atoms with Crippen LogP contribution in [-0.4, -0.2) is 43.8 Å². The first-order chi connectivity index (χ1) is 15.8. The van der Waals surface area contributed by atoms with Crippen LogP contribution in [0.15, 0.2) is 30.3 Å². The molecule has 192 valence electrons. The highest BCUT2D eigenvalue weighted by atomic mass is 32.2. The van der Waals surface area contributed by atoms with E-state index in [1.807, 2.05) is 6.07 Å². The Bertz CT molecular complexity index is 688. The van der Waals surface area contributed by atoms with Gasteiger partial charge in [0.2, 0.25) is 0 Å². The highest BCUT2D eigenvalue weighted by Gasteiger charge is 2.29. The normalized spacial score (nSPS) is 13.3. The van der Waals surface area contributed by atoms with E-state index in [4.69, 9.17) is 4.55 Å². The summed E-state index contributed by atoms with van der Waals surface area (Å²) in [6.45, 7) is 3.36. The molecular weight excluding hydrogens is 430 g/mol. The fraction of sp³-hybridized carbons (Fsp3) is 0.786. The number of benzene rings is 1. The predicted molar refractivity (Wildman–Crippen MR) is 142 cm³/mol. The van der Waals surface area contributed by atoms with Crippen LogP contribution in [0.2, 0.25) is 0 Å². The van der Waals surface area contributed by atoms with E-state index in [0.717, 1.165) is 17.4 Å². The van der Waals surface area contributed by atoms with E-state index in [1.165, 1.54) is 95.5 Å². The zero-order valence-electron chi connectivity index (χ0n) is 21.8. The third kappa shape index (κ3) is 15.6. The van der Waals surface area contributed by atoms with Gasteiger partial charge in [-0.3, -0.25) is 4.55 Å². The SMILES string of the molecule is CCCCCCCCCCCCCCCC[N+](C)(C)C(CCCS(=O)(=O)O)c1ccccc1. The fourth-order valence-corrected chi connectivity index (χ4v) is 5.46. The monoisotopic (exact) mass is 482 g/mol. The quantitative estimate of drug-likeness (QED) is 0.110. The molecule has 4 nitrogen and oxygen atoms in total. The molecule has 1 aromatic carbocycles. The lowest BCUT2D eigenvalue weighted by Gasteiger charge is -2.39. The third-order valence-electron chi connectivity index (χ3n) is 7.00. The Morgan fingerprint density at radius 3 is 1.64 bits per heavy atom. The fourth-order valence-electron chi connectivity index (χ4n) is 4.92. The second-order valence-electron chi connectivity index (χ2n) is 10.5. The van der Waals surface area contributed by atoms with E-state index in [0.29, 0.717) is 6.42 Å². The summed E-state index contributed by atoms with van der Waals surface area (Å²) in [6.07, 6.45) is 20.4. The Hall–Kier alpha value is -0.910. The summed E-state index contributed by atoms with van der Waals surface area (Å²) in [5, 5.41) is 0. The van der Waals surface area contributed by atoms with Crippen molar-refractivity contribution >= 4 is 10.1 Å². The molecule has 33 heavy (non-hydrogen) atoms. The lowest BCUT2D eigenvalue weighted by molar-refractivity contribution is -0.921. The van der Waals surface area contributed by atoms with Crippen LogP contribution in [0.5, 0.6) is 0 Å².